The van der Waals surface area contributed by atoms with E-state index in [1.54, 1.807) is 0 Å². The van der Waals surface area contributed by atoms with E-state index in [1.165, 1.54) is 51.2 Å². The van der Waals surface area contributed by atoms with Gasteiger partial charge in [-0.25, -0.2) is 0 Å². The SMILES string of the molecule is CC1=CC2C=CC=C2S1.Cc1ccc(C2=Cc3ccccc3[CH]2[Zr+2])o1.[Cl-].[Cl-]. The molecule has 3 aliphatic rings. The number of fused-ring (bicyclic) bond motifs is 2. The fourth-order valence-corrected chi connectivity index (χ4v) is 5.53. The third-order valence-corrected chi connectivity index (χ3v) is 7.19. The van der Waals surface area contributed by atoms with Gasteiger partial charge in [-0.15, -0.1) is 0 Å². The van der Waals surface area contributed by atoms with E-state index in [9.17, 15) is 0 Å². The summed E-state index contributed by atoms with van der Waals surface area (Å²) in [6, 6.07) is 12.7. The molecule has 2 aromatic rings. The van der Waals surface area contributed by atoms with Crippen LogP contribution in [0.15, 0.2) is 74.9 Å². The Bertz CT molecular complexity index is 939. The quantitative estimate of drug-likeness (QED) is 0.573. The molecule has 2 atom stereocenters. The Morgan fingerprint density at radius 1 is 1.04 bits per heavy atom. The molecule has 1 aliphatic heterocycles. The Balaban J connectivity index is 0.000000205. The summed E-state index contributed by atoms with van der Waals surface area (Å²) in [6.45, 7) is 4.15. The summed E-state index contributed by atoms with van der Waals surface area (Å²) in [4.78, 5) is 2.93. The van der Waals surface area contributed by atoms with Gasteiger partial charge >= 0.3 is 110 Å². The van der Waals surface area contributed by atoms with Gasteiger partial charge in [0.1, 0.15) is 0 Å². The Kier molecular flexibility index (Phi) is 8.07. The number of allylic oxidation sites excluding steroid dienone is 7. The van der Waals surface area contributed by atoms with Crippen molar-refractivity contribution in [2.75, 3.05) is 0 Å². The molecule has 5 heteroatoms. The van der Waals surface area contributed by atoms with Gasteiger partial charge in [0.25, 0.3) is 0 Å². The molecule has 0 saturated heterocycles. The molecule has 0 fully saturated rings. The predicted molar refractivity (Wildman–Crippen MR) is 103 cm³/mol. The van der Waals surface area contributed by atoms with Gasteiger partial charge in [0.05, 0.1) is 0 Å². The Morgan fingerprint density at radius 2 is 1.81 bits per heavy atom. The molecule has 0 bridgehead atoms. The first kappa shape index (κ1) is 22.6. The van der Waals surface area contributed by atoms with Crippen LogP contribution in [-0.2, 0) is 24.7 Å². The number of hydrogen-bond donors (Lipinski definition) is 0. The maximum Gasteiger partial charge on any atom is -1.00 e. The number of aryl methyl sites for hydroxylation is 1. The maximum atomic E-state index is 5.72. The van der Waals surface area contributed by atoms with E-state index in [4.69, 9.17) is 4.42 Å². The van der Waals surface area contributed by atoms with E-state index in [-0.39, 0.29) is 24.8 Å². The monoisotopic (exact) mass is 491 g/mol. The summed E-state index contributed by atoms with van der Waals surface area (Å²) >= 11 is 3.41. The molecule has 0 N–H and O–H groups in total. The summed E-state index contributed by atoms with van der Waals surface area (Å²) in [5.41, 5.74) is 4.10. The molecule has 0 saturated carbocycles. The molecule has 2 aliphatic carbocycles. The average Bonchev–Trinajstić information content (AvgIpc) is 3.33. The fraction of sp³-hybridized carbons (Fsp3) is 0.182. The largest absolute Gasteiger partial charge is 1.00 e. The maximum absolute atomic E-state index is 5.72. The fourth-order valence-electron chi connectivity index (χ4n) is 3.32. The first-order valence-electron chi connectivity index (χ1n) is 8.45. The number of hydrogen-bond acceptors (Lipinski definition) is 2. The van der Waals surface area contributed by atoms with Crippen LogP contribution in [-0.4, -0.2) is 0 Å². The molecule has 2 heterocycles. The van der Waals surface area contributed by atoms with Crippen LogP contribution < -0.4 is 24.8 Å². The number of halogens is 2. The van der Waals surface area contributed by atoms with Gasteiger partial charge in [-0.05, 0) is 11.8 Å². The molecule has 0 spiro atoms. The van der Waals surface area contributed by atoms with E-state index >= 15 is 0 Å². The zero-order valence-corrected chi connectivity index (χ0v) is 19.9. The molecule has 0 amide bonds. The van der Waals surface area contributed by atoms with E-state index < -0.39 is 0 Å². The van der Waals surface area contributed by atoms with E-state index in [0.29, 0.717) is 9.54 Å². The van der Waals surface area contributed by atoms with Crippen LogP contribution in [0.4, 0.5) is 0 Å². The number of benzene rings is 1. The van der Waals surface area contributed by atoms with Crippen molar-refractivity contribution in [3.05, 3.63) is 93.2 Å². The van der Waals surface area contributed by atoms with Crippen LogP contribution in [0.5, 0.6) is 0 Å². The van der Waals surface area contributed by atoms with Crippen LogP contribution >= 0.6 is 11.8 Å². The van der Waals surface area contributed by atoms with E-state index in [0.717, 1.165) is 11.5 Å². The van der Waals surface area contributed by atoms with Crippen molar-refractivity contribution in [1.29, 1.82) is 0 Å². The van der Waals surface area contributed by atoms with Crippen molar-refractivity contribution in [3.63, 3.8) is 0 Å². The summed E-state index contributed by atoms with van der Waals surface area (Å²) in [6.07, 6.45) is 11.1. The first-order valence-corrected chi connectivity index (χ1v) is 10.7. The van der Waals surface area contributed by atoms with Crippen molar-refractivity contribution in [1.82, 2.24) is 0 Å². The van der Waals surface area contributed by atoms with Crippen molar-refractivity contribution in [2.24, 2.45) is 5.92 Å². The van der Waals surface area contributed by atoms with Gasteiger partial charge in [-0.3, -0.25) is 0 Å². The summed E-state index contributed by atoms with van der Waals surface area (Å²) < 4.78 is 6.24. The molecule has 1 nitrogen and oxygen atoms in total. The predicted octanol–water partition coefficient (Wildman–Crippen LogP) is 0.445. The molecule has 1 aromatic heterocycles. The van der Waals surface area contributed by atoms with E-state index in [2.05, 4.69) is 67.6 Å². The zero-order chi connectivity index (χ0) is 17.4. The van der Waals surface area contributed by atoms with Crippen LogP contribution in [0, 0.1) is 12.8 Å². The van der Waals surface area contributed by atoms with Gasteiger partial charge in [-0.2, -0.15) is 0 Å². The van der Waals surface area contributed by atoms with Gasteiger partial charge in [0, 0.05) is 10.8 Å². The molecule has 27 heavy (non-hydrogen) atoms. The van der Waals surface area contributed by atoms with Crippen molar-refractivity contribution < 1.29 is 54.0 Å². The van der Waals surface area contributed by atoms with Gasteiger partial charge < -0.3 is 24.8 Å². The smallest absolute Gasteiger partial charge is 1.00 e. The average molecular weight is 494 g/mol. The summed E-state index contributed by atoms with van der Waals surface area (Å²) in [5.74, 6) is 2.64. The van der Waals surface area contributed by atoms with Crippen molar-refractivity contribution in [2.45, 2.75) is 17.5 Å². The third-order valence-electron chi connectivity index (χ3n) is 4.55. The van der Waals surface area contributed by atoms with Crippen LogP contribution in [0.2, 0.25) is 0 Å². The Morgan fingerprint density at radius 3 is 2.48 bits per heavy atom. The van der Waals surface area contributed by atoms with Crippen LogP contribution in [0.3, 0.4) is 0 Å². The minimum Gasteiger partial charge on any atom is -1.00 e. The number of furan rings is 1. The van der Waals surface area contributed by atoms with E-state index in [1.807, 2.05) is 24.8 Å². The standard InChI is InChI=1S/C14H11O.C8H8S.2ClH.Zr/c1-10-6-7-14(15-10)13-8-11-4-2-3-5-12(11)9-13;1-6-5-7-3-2-4-8(7)9-6;;;/h2-9H,1H3;2-5,7H,1H3;2*1H;/q;;;;+2/p-2. The van der Waals surface area contributed by atoms with Crippen LogP contribution in [0.25, 0.3) is 11.6 Å². The van der Waals surface area contributed by atoms with Gasteiger partial charge in [0.15, 0.2) is 0 Å². The molecular formula is C22H19Cl2OSZr. The Hall–Kier alpha value is -0.727. The topological polar surface area (TPSA) is 13.1 Å². The minimum absolute atomic E-state index is 0. The summed E-state index contributed by atoms with van der Waals surface area (Å²) in [7, 11) is 0. The third kappa shape index (κ3) is 4.82. The number of thioether (sulfide) groups is 1. The normalized spacial score (nSPS) is 21.0. The van der Waals surface area contributed by atoms with Crippen molar-refractivity contribution >= 4 is 23.4 Å². The minimum atomic E-state index is 0. The second-order valence-corrected chi connectivity index (χ2v) is 9.17. The van der Waals surface area contributed by atoms with Gasteiger partial charge in [-0.1, -0.05) is 36.1 Å². The zero-order valence-electron chi connectivity index (χ0n) is 15.1. The van der Waals surface area contributed by atoms with Gasteiger partial charge in [0.2, 0.25) is 0 Å². The molecule has 0 radical (unpaired) electrons. The summed E-state index contributed by atoms with van der Waals surface area (Å²) in [5, 5.41) is 0. The molecule has 2 unspecified atom stereocenters. The Labute approximate surface area is 192 Å². The molecule has 137 valence electrons. The number of rotatable bonds is 1. The molecule has 5 rings (SSSR count). The first-order chi connectivity index (χ1) is 12.1. The van der Waals surface area contributed by atoms with Crippen molar-refractivity contribution in [3.8, 4) is 0 Å². The second-order valence-electron chi connectivity index (χ2n) is 6.43. The molecular weight excluding hydrogens is 474 g/mol. The second kappa shape index (κ2) is 9.65. The molecule has 1 aromatic carbocycles. The van der Waals surface area contributed by atoms with Crippen LogP contribution in [0.1, 0.15) is 33.2 Å².